The number of benzene rings is 1. The first-order valence-corrected chi connectivity index (χ1v) is 8.63. The molecule has 5 nitrogen and oxygen atoms in total. The summed E-state index contributed by atoms with van der Waals surface area (Å²) in [5, 5.41) is 5.12. The van der Waals surface area contributed by atoms with Crippen molar-refractivity contribution in [2.75, 3.05) is 32.0 Å². The second-order valence-corrected chi connectivity index (χ2v) is 6.53. The minimum Gasteiger partial charge on any atom is -0.384 e. The highest BCUT2D eigenvalue weighted by atomic mass is 35.5. The Bertz CT molecular complexity index is 824. The standard InChI is InChI=1S/C19H22ClN5/c1-25(11-10-23-15-4-7-22-8-5-15)13-18(21)16-6-9-24-19-12-14(20)2-3-17(16)19/h2-9,12,18H,10-11,13,21H2,1H3,(H,22,23). The highest BCUT2D eigenvalue weighted by Gasteiger charge is 2.13. The molecule has 1 aromatic carbocycles. The van der Waals surface area contributed by atoms with Gasteiger partial charge in [0, 0.05) is 60.4 Å². The molecule has 0 bridgehead atoms. The molecular weight excluding hydrogens is 334 g/mol. The van der Waals surface area contributed by atoms with E-state index in [-0.39, 0.29) is 6.04 Å². The second-order valence-electron chi connectivity index (χ2n) is 6.09. The zero-order valence-electron chi connectivity index (χ0n) is 14.2. The van der Waals surface area contributed by atoms with Crippen molar-refractivity contribution in [1.82, 2.24) is 14.9 Å². The van der Waals surface area contributed by atoms with Crippen LogP contribution in [0.3, 0.4) is 0 Å². The maximum Gasteiger partial charge on any atom is 0.0720 e. The van der Waals surface area contributed by atoms with Gasteiger partial charge in [-0.25, -0.2) is 0 Å². The number of nitrogens with zero attached hydrogens (tertiary/aromatic N) is 3. The Morgan fingerprint density at radius 1 is 1.16 bits per heavy atom. The molecule has 2 aromatic heterocycles. The molecular formula is C19H22ClN5. The summed E-state index contributed by atoms with van der Waals surface area (Å²) in [6.45, 7) is 2.50. The topological polar surface area (TPSA) is 67.1 Å². The largest absolute Gasteiger partial charge is 0.384 e. The van der Waals surface area contributed by atoms with E-state index in [0.29, 0.717) is 5.02 Å². The van der Waals surface area contributed by atoms with E-state index >= 15 is 0 Å². The molecule has 130 valence electrons. The molecule has 3 aromatic rings. The molecule has 3 rings (SSSR count). The molecule has 2 heterocycles. The van der Waals surface area contributed by atoms with E-state index in [4.69, 9.17) is 17.3 Å². The van der Waals surface area contributed by atoms with Gasteiger partial charge in [0.05, 0.1) is 5.52 Å². The number of anilines is 1. The zero-order valence-corrected chi connectivity index (χ0v) is 14.9. The summed E-state index contributed by atoms with van der Waals surface area (Å²) >= 11 is 6.05. The normalized spacial score (nSPS) is 12.5. The summed E-state index contributed by atoms with van der Waals surface area (Å²) in [4.78, 5) is 10.6. The number of pyridine rings is 2. The zero-order chi connectivity index (χ0) is 17.6. The fraction of sp³-hybridized carbons (Fsp3) is 0.263. The van der Waals surface area contributed by atoms with Crippen LogP contribution >= 0.6 is 11.6 Å². The molecule has 1 atom stereocenters. The minimum atomic E-state index is -0.0856. The fourth-order valence-electron chi connectivity index (χ4n) is 2.85. The molecule has 0 fully saturated rings. The monoisotopic (exact) mass is 355 g/mol. The summed E-state index contributed by atoms with van der Waals surface area (Å²) in [6, 6.07) is 11.6. The van der Waals surface area contributed by atoms with Crippen molar-refractivity contribution in [3.63, 3.8) is 0 Å². The van der Waals surface area contributed by atoms with E-state index < -0.39 is 0 Å². The number of halogens is 1. The van der Waals surface area contributed by atoms with E-state index in [1.165, 1.54) is 0 Å². The number of likely N-dealkylation sites (N-methyl/N-ethyl adjacent to an activating group) is 1. The number of nitrogens with two attached hydrogens (primary N) is 1. The number of fused-ring (bicyclic) bond motifs is 1. The quantitative estimate of drug-likeness (QED) is 0.680. The highest BCUT2D eigenvalue weighted by Crippen LogP contribution is 2.24. The van der Waals surface area contributed by atoms with Gasteiger partial charge in [0.1, 0.15) is 0 Å². The van der Waals surface area contributed by atoms with Crippen molar-refractivity contribution in [1.29, 1.82) is 0 Å². The fourth-order valence-corrected chi connectivity index (χ4v) is 3.02. The molecule has 0 radical (unpaired) electrons. The van der Waals surface area contributed by atoms with Crippen LogP contribution in [0, 0.1) is 0 Å². The summed E-state index contributed by atoms with van der Waals surface area (Å²) in [5.41, 5.74) is 9.50. The van der Waals surface area contributed by atoms with Gasteiger partial charge in [-0.1, -0.05) is 17.7 Å². The molecule has 0 spiro atoms. The lowest BCUT2D eigenvalue weighted by atomic mass is 10.0. The van der Waals surface area contributed by atoms with Gasteiger partial charge in [0.2, 0.25) is 0 Å². The third-order valence-corrected chi connectivity index (χ3v) is 4.38. The second kappa shape index (κ2) is 8.25. The van der Waals surface area contributed by atoms with E-state index in [9.17, 15) is 0 Å². The van der Waals surface area contributed by atoms with Crippen LogP contribution in [-0.2, 0) is 0 Å². The van der Waals surface area contributed by atoms with Gasteiger partial charge in [0.15, 0.2) is 0 Å². The van der Waals surface area contributed by atoms with Crippen molar-refractivity contribution in [2.45, 2.75) is 6.04 Å². The predicted octanol–water partition coefficient (Wildman–Crippen LogP) is 3.33. The van der Waals surface area contributed by atoms with Gasteiger partial charge in [-0.05, 0) is 42.9 Å². The van der Waals surface area contributed by atoms with Gasteiger partial charge in [-0.2, -0.15) is 0 Å². The Balaban J connectivity index is 1.59. The molecule has 6 heteroatoms. The van der Waals surface area contributed by atoms with Gasteiger partial charge in [-0.15, -0.1) is 0 Å². The number of hydrogen-bond donors (Lipinski definition) is 2. The van der Waals surface area contributed by atoms with E-state index in [1.54, 1.807) is 18.6 Å². The van der Waals surface area contributed by atoms with Crippen LogP contribution in [0.4, 0.5) is 5.69 Å². The predicted molar refractivity (Wildman–Crippen MR) is 104 cm³/mol. The Kier molecular flexibility index (Phi) is 5.81. The highest BCUT2D eigenvalue weighted by molar-refractivity contribution is 6.31. The number of nitrogens with one attached hydrogen (secondary N) is 1. The van der Waals surface area contributed by atoms with E-state index in [0.717, 1.165) is 41.8 Å². The first-order chi connectivity index (χ1) is 12.1. The lowest BCUT2D eigenvalue weighted by molar-refractivity contribution is 0.324. The molecule has 0 aliphatic carbocycles. The maximum atomic E-state index is 6.45. The Labute approximate surface area is 152 Å². The van der Waals surface area contributed by atoms with Crippen LogP contribution in [0.25, 0.3) is 10.9 Å². The maximum absolute atomic E-state index is 6.45. The average Bonchev–Trinajstić information content (AvgIpc) is 2.61. The Morgan fingerprint density at radius 2 is 1.96 bits per heavy atom. The van der Waals surface area contributed by atoms with Gasteiger partial charge in [0.25, 0.3) is 0 Å². The van der Waals surface area contributed by atoms with Crippen molar-refractivity contribution < 1.29 is 0 Å². The van der Waals surface area contributed by atoms with Gasteiger partial charge >= 0.3 is 0 Å². The summed E-state index contributed by atoms with van der Waals surface area (Å²) in [5.74, 6) is 0. The van der Waals surface area contributed by atoms with Crippen LogP contribution < -0.4 is 11.1 Å². The number of hydrogen-bond acceptors (Lipinski definition) is 5. The third-order valence-electron chi connectivity index (χ3n) is 4.15. The lowest BCUT2D eigenvalue weighted by Crippen LogP contribution is -2.32. The average molecular weight is 356 g/mol. The van der Waals surface area contributed by atoms with Crippen molar-refractivity contribution in [2.24, 2.45) is 5.73 Å². The van der Waals surface area contributed by atoms with E-state index in [1.807, 2.05) is 36.4 Å². The SMILES string of the molecule is CN(CCNc1ccncc1)CC(N)c1ccnc2cc(Cl)ccc12. The number of rotatable bonds is 7. The third kappa shape index (κ3) is 4.66. The molecule has 1 unspecified atom stereocenters. The molecule has 25 heavy (non-hydrogen) atoms. The smallest absolute Gasteiger partial charge is 0.0720 e. The van der Waals surface area contributed by atoms with Crippen LogP contribution in [-0.4, -0.2) is 41.5 Å². The van der Waals surface area contributed by atoms with Crippen LogP contribution in [0.1, 0.15) is 11.6 Å². The first kappa shape index (κ1) is 17.6. The molecule has 0 saturated heterocycles. The van der Waals surface area contributed by atoms with Crippen molar-refractivity contribution in [3.8, 4) is 0 Å². The summed E-state index contributed by atoms with van der Waals surface area (Å²) in [6.07, 6.45) is 5.35. The molecule has 0 saturated carbocycles. The Morgan fingerprint density at radius 3 is 2.76 bits per heavy atom. The first-order valence-electron chi connectivity index (χ1n) is 8.25. The van der Waals surface area contributed by atoms with Crippen LogP contribution in [0.2, 0.25) is 5.02 Å². The number of aromatic nitrogens is 2. The van der Waals surface area contributed by atoms with Crippen LogP contribution in [0.15, 0.2) is 55.0 Å². The lowest BCUT2D eigenvalue weighted by Gasteiger charge is -2.22. The van der Waals surface area contributed by atoms with Crippen molar-refractivity contribution >= 4 is 28.2 Å². The van der Waals surface area contributed by atoms with Gasteiger partial charge < -0.3 is 16.0 Å². The molecule has 0 aliphatic rings. The minimum absolute atomic E-state index is 0.0856. The molecule has 0 aliphatic heterocycles. The summed E-state index contributed by atoms with van der Waals surface area (Å²) in [7, 11) is 2.08. The molecule has 0 amide bonds. The summed E-state index contributed by atoms with van der Waals surface area (Å²) < 4.78 is 0. The van der Waals surface area contributed by atoms with Crippen molar-refractivity contribution in [3.05, 3.63) is 65.6 Å². The molecule has 3 N–H and O–H groups in total. The van der Waals surface area contributed by atoms with Gasteiger partial charge in [-0.3, -0.25) is 9.97 Å². The van der Waals surface area contributed by atoms with E-state index in [2.05, 4.69) is 27.2 Å². The Hall–Kier alpha value is -2.21. The van der Waals surface area contributed by atoms with Crippen LogP contribution in [0.5, 0.6) is 0 Å².